The fourth-order valence-electron chi connectivity index (χ4n) is 3.00. The zero-order valence-electron chi connectivity index (χ0n) is 11.1. The number of carbonyl (C=O) groups excluding carboxylic acids is 1. The predicted octanol–water partition coefficient (Wildman–Crippen LogP) is 2.77. The maximum atomic E-state index is 12.5. The molecule has 3 rings (SSSR count). The van der Waals surface area contributed by atoms with Crippen LogP contribution >= 0.6 is 11.3 Å². The molecule has 0 saturated carbocycles. The SMILES string of the molecule is O=C(C[C@@H]1CCCO1)N1CCCC[C@H]1c1nccs1. The van der Waals surface area contributed by atoms with Crippen molar-refractivity contribution in [1.29, 1.82) is 0 Å². The third-order valence-corrected chi connectivity index (χ3v) is 4.86. The molecular formula is C14H20N2O2S. The van der Waals surface area contributed by atoms with Crippen molar-refractivity contribution >= 4 is 17.2 Å². The van der Waals surface area contributed by atoms with E-state index in [0.717, 1.165) is 43.8 Å². The van der Waals surface area contributed by atoms with Crippen LogP contribution in [0.4, 0.5) is 0 Å². The summed E-state index contributed by atoms with van der Waals surface area (Å²) in [5.41, 5.74) is 0. The van der Waals surface area contributed by atoms with Gasteiger partial charge in [-0.25, -0.2) is 4.98 Å². The molecule has 4 nitrogen and oxygen atoms in total. The molecule has 2 aliphatic rings. The molecule has 0 radical (unpaired) electrons. The van der Waals surface area contributed by atoms with Crippen LogP contribution < -0.4 is 0 Å². The Balaban J connectivity index is 1.67. The van der Waals surface area contributed by atoms with Gasteiger partial charge in [-0.1, -0.05) is 0 Å². The van der Waals surface area contributed by atoms with Crippen LogP contribution in [-0.4, -0.2) is 35.0 Å². The Morgan fingerprint density at radius 2 is 2.37 bits per heavy atom. The lowest BCUT2D eigenvalue weighted by atomic mass is 10.0. The molecule has 0 unspecified atom stereocenters. The van der Waals surface area contributed by atoms with Gasteiger partial charge in [0.1, 0.15) is 5.01 Å². The van der Waals surface area contributed by atoms with Gasteiger partial charge in [-0.15, -0.1) is 11.3 Å². The molecule has 2 atom stereocenters. The van der Waals surface area contributed by atoms with E-state index in [0.29, 0.717) is 6.42 Å². The number of ether oxygens (including phenoxy) is 1. The first-order valence-corrected chi connectivity index (χ1v) is 8.03. The highest BCUT2D eigenvalue weighted by Crippen LogP contribution is 2.33. The summed E-state index contributed by atoms with van der Waals surface area (Å²) in [4.78, 5) is 18.9. The molecule has 104 valence electrons. The smallest absolute Gasteiger partial charge is 0.225 e. The molecule has 2 saturated heterocycles. The van der Waals surface area contributed by atoms with Gasteiger partial charge in [-0.2, -0.15) is 0 Å². The monoisotopic (exact) mass is 280 g/mol. The van der Waals surface area contributed by atoms with Crippen molar-refractivity contribution in [3.63, 3.8) is 0 Å². The molecule has 19 heavy (non-hydrogen) atoms. The second-order valence-electron chi connectivity index (χ2n) is 5.31. The Bertz CT molecular complexity index is 415. The van der Waals surface area contributed by atoms with E-state index in [1.165, 1.54) is 6.42 Å². The molecule has 1 amide bonds. The van der Waals surface area contributed by atoms with Gasteiger partial charge in [0.05, 0.1) is 18.6 Å². The second kappa shape index (κ2) is 6.01. The van der Waals surface area contributed by atoms with Gasteiger partial charge in [0.15, 0.2) is 0 Å². The lowest BCUT2D eigenvalue weighted by molar-refractivity contribution is -0.137. The Kier molecular flexibility index (Phi) is 4.13. The number of amides is 1. The summed E-state index contributed by atoms with van der Waals surface area (Å²) in [6.45, 7) is 1.68. The fourth-order valence-corrected chi connectivity index (χ4v) is 3.79. The molecule has 5 heteroatoms. The number of piperidine rings is 1. The molecule has 0 aromatic carbocycles. The van der Waals surface area contributed by atoms with Crippen molar-refractivity contribution in [2.45, 2.75) is 50.7 Å². The maximum absolute atomic E-state index is 12.5. The van der Waals surface area contributed by atoms with Crippen LogP contribution in [0.5, 0.6) is 0 Å². The summed E-state index contributed by atoms with van der Waals surface area (Å²) in [5.74, 6) is 0.242. The maximum Gasteiger partial charge on any atom is 0.225 e. The Hall–Kier alpha value is -0.940. The Morgan fingerprint density at radius 3 is 3.11 bits per heavy atom. The van der Waals surface area contributed by atoms with Crippen molar-refractivity contribution in [3.05, 3.63) is 16.6 Å². The van der Waals surface area contributed by atoms with Crippen LogP contribution in [0.25, 0.3) is 0 Å². The molecule has 0 bridgehead atoms. The molecular weight excluding hydrogens is 260 g/mol. The van der Waals surface area contributed by atoms with E-state index in [1.54, 1.807) is 11.3 Å². The van der Waals surface area contributed by atoms with E-state index in [4.69, 9.17) is 4.74 Å². The van der Waals surface area contributed by atoms with E-state index in [9.17, 15) is 4.79 Å². The summed E-state index contributed by atoms with van der Waals surface area (Å²) in [6, 6.07) is 0.197. The first-order valence-electron chi connectivity index (χ1n) is 7.15. The minimum absolute atomic E-state index is 0.145. The first kappa shape index (κ1) is 13.1. The van der Waals surface area contributed by atoms with Crippen molar-refractivity contribution in [1.82, 2.24) is 9.88 Å². The van der Waals surface area contributed by atoms with E-state index in [-0.39, 0.29) is 18.1 Å². The van der Waals surface area contributed by atoms with Gasteiger partial charge in [-0.3, -0.25) is 4.79 Å². The number of likely N-dealkylation sites (tertiary alicyclic amines) is 1. The lowest BCUT2D eigenvalue weighted by Crippen LogP contribution is -2.39. The van der Waals surface area contributed by atoms with Gasteiger partial charge < -0.3 is 9.64 Å². The summed E-state index contributed by atoms with van der Waals surface area (Å²) in [7, 11) is 0. The summed E-state index contributed by atoms with van der Waals surface area (Å²) in [6.07, 6.45) is 7.98. The van der Waals surface area contributed by atoms with Crippen molar-refractivity contribution in [3.8, 4) is 0 Å². The summed E-state index contributed by atoms with van der Waals surface area (Å²) >= 11 is 1.66. The van der Waals surface area contributed by atoms with Crippen molar-refractivity contribution < 1.29 is 9.53 Å². The van der Waals surface area contributed by atoms with E-state index in [2.05, 4.69) is 4.98 Å². The standard InChI is InChI=1S/C14H20N2O2S/c17-13(10-11-4-3-8-18-11)16-7-2-1-5-12(16)14-15-6-9-19-14/h6,9,11-12H,1-5,7-8,10H2/t11-,12-/m0/s1. The van der Waals surface area contributed by atoms with Crippen LogP contribution in [0.3, 0.4) is 0 Å². The highest BCUT2D eigenvalue weighted by molar-refractivity contribution is 7.09. The van der Waals surface area contributed by atoms with Gasteiger partial charge in [0.25, 0.3) is 0 Å². The minimum Gasteiger partial charge on any atom is -0.378 e. The topological polar surface area (TPSA) is 42.4 Å². The molecule has 3 heterocycles. The molecule has 0 spiro atoms. The quantitative estimate of drug-likeness (QED) is 0.855. The summed E-state index contributed by atoms with van der Waals surface area (Å²) in [5, 5.41) is 3.08. The van der Waals surface area contributed by atoms with E-state index < -0.39 is 0 Å². The highest BCUT2D eigenvalue weighted by Gasteiger charge is 2.31. The number of hydrogen-bond donors (Lipinski definition) is 0. The minimum atomic E-state index is 0.145. The molecule has 1 aromatic heterocycles. The number of rotatable bonds is 3. The average molecular weight is 280 g/mol. The summed E-state index contributed by atoms with van der Waals surface area (Å²) < 4.78 is 5.58. The molecule has 2 fully saturated rings. The average Bonchev–Trinajstić information content (AvgIpc) is 3.11. The van der Waals surface area contributed by atoms with E-state index in [1.807, 2.05) is 16.5 Å². The van der Waals surface area contributed by atoms with Crippen LogP contribution in [0.2, 0.25) is 0 Å². The van der Waals surface area contributed by atoms with Crippen molar-refractivity contribution in [2.24, 2.45) is 0 Å². The van der Waals surface area contributed by atoms with Gasteiger partial charge in [-0.05, 0) is 32.1 Å². The van der Waals surface area contributed by atoms with Gasteiger partial charge in [0.2, 0.25) is 5.91 Å². The third-order valence-electron chi connectivity index (χ3n) is 3.99. The lowest BCUT2D eigenvalue weighted by Gasteiger charge is -2.35. The predicted molar refractivity (Wildman–Crippen MR) is 74.0 cm³/mol. The zero-order valence-corrected chi connectivity index (χ0v) is 11.9. The van der Waals surface area contributed by atoms with Crippen molar-refractivity contribution in [2.75, 3.05) is 13.2 Å². The van der Waals surface area contributed by atoms with Crippen LogP contribution in [0.1, 0.15) is 49.6 Å². The number of hydrogen-bond acceptors (Lipinski definition) is 4. The van der Waals surface area contributed by atoms with Gasteiger partial charge >= 0.3 is 0 Å². The van der Waals surface area contributed by atoms with Crippen LogP contribution in [0.15, 0.2) is 11.6 Å². The molecule has 2 aliphatic heterocycles. The van der Waals surface area contributed by atoms with E-state index >= 15 is 0 Å². The number of thiazole rings is 1. The first-order chi connectivity index (χ1) is 9.34. The van der Waals surface area contributed by atoms with Crippen LogP contribution in [-0.2, 0) is 9.53 Å². The fraction of sp³-hybridized carbons (Fsp3) is 0.714. The van der Waals surface area contributed by atoms with Crippen LogP contribution in [0, 0.1) is 0 Å². The zero-order chi connectivity index (χ0) is 13.1. The molecule has 1 aromatic rings. The number of carbonyl (C=O) groups is 1. The Labute approximate surface area is 117 Å². The number of aromatic nitrogens is 1. The number of nitrogens with zero attached hydrogens (tertiary/aromatic N) is 2. The molecule has 0 aliphatic carbocycles. The third kappa shape index (κ3) is 2.98. The highest BCUT2D eigenvalue weighted by atomic mass is 32.1. The molecule has 0 N–H and O–H groups in total. The van der Waals surface area contributed by atoms with Gasteiger partial charge in [0, 0.05) is 24.7 Å². The largest absolute Gasteiger partial charge is 0.378 e. The Morgan fingerprint density at radius 1 is 1.42 bits per heavy atom. The second-order valence-corrected chi connectivity index (χ2v) is 6.23. The normalized spacial score (nSPS) is 27.7.